The van der Waals surface area contributed by atoms with Crippen LogP contribution in [0.5, 0.6) is 5.75 Å². The van der Waals surface area contributed by atoms with Crippen molar-refractivity contribution >= 4 is 5.57 Å². The van der Waals surface area contributed by atoms with Gasteiger partial charge in [0.1, 0.15) is 5.75 Å². The molecular formula is C19H22O2. The molecule has 110 valence electrons. The lowest BCUT2D eigenvalue weighted by atomic mass is 9.62. The molecule has 0 bridgehead atoms. The molecule has 0 radical (unpaired) electrons. The van der Waals surface area contributed by atoms with E-state index in [1.54, 1.807) is 6.07 Å². The molecule has 1 aromatic rings. The van der Waals surface area contributed by atoms with Gasteiger partial charge in [0.25, 0.3) is 0 Å². The van der Waals surface area contributed by atoms with Gasteiger partial charge in [-0.25, -0.2) is 0 Å². The number of allylic oxidation sites excluding steroid dienone is 2. The van der Waals surface area contributed by atoms with Crippen LogP contribution in [0, 0.1) is 11.3 Å². The van der Waals surface area contributed by atoms with Crippen LogP contribution < -0.4 is 0 Å². The summed E-state index contributed by atoms with van der Waals surface area (Å²) in [6, 6.07) is 5.77. The zero-order valence-electron chi connectivity index (χ0n) is 12.5. The standard InChI is InChI=1S/C19H22O2/c1-11-9-17(21)19(2)8-7-15-14-6-4-13(20)10-12(14)3-5-16(15)18(11)19/h4,6,10,17-18,20-21H,1,3,5,7-9H2,2H3/t17-,18+,19-/m1/s1. The quantitative estimate of drug-likeness (QED) is 0.710. The van der Waals surface area contributed by atoms with Gasteiger partial charge >= 0.3 is 0 Å². The SMILES string of the molecule is C=C1C[C@@H](O)[C@@]2(C)CCC3=C(CCc4cc(O)ccc43)[C@H]12. The Labute approximate surface area is 125 Å². The number of hydrogen-bond donors (Lipinski definition) is 2. The van der Waals surface area contributed by atoms with Gasteiger partial charge in [-0.1, -0.05) is 30.7 Å². The molecule has 0 aliphatic heterocycles. The lowest BCUT2D eigenvalue weighted by Gasteiger charge is -2.43. The van der Waals surface area contributed by atoms with Crippen molar-refractivity contribution in [2.24, 2.45) is 11.3 Å². The van der Waals surface area contributed by atoms with Crippen molar-refractivity contribution in [3.63, 3.8) is 0 Å². The van der Waals surface area contributed by atoms with Crippen LogP contribution in [0.2, 0.25) is 0 Å². The summed E-state index contributed by atoms with van der Waals surface area (Å²) in [5.41, 5.74) is 6.72. The van der Waals surface area contributed by atoms with E-state index in [1.165, 1.54) is 27.8 Å². The van der Waals surface area contributed by atoms with Gasteiger partial charge < -0.3 is 10.2 Å². The first-order chi connectivity index (χ1) is 10.0. The Morgan fingerprint density at radius 3 is 2.86 bits per heavy atom. The van der Waals surface area contributed by atoms with Crippen LogP contribution in [0.15, 0.2) is 35.9 Å². The van der Waals surface area contributed by atoms with E-state index in [0.29, 0.717) is 11.7 Å². The van der Waals surface area contributed by atoms with Gasteiger partial charge in [-0.05, 0) is 60.9 Å². The largest absolute Gasteiger partial charge is 0.508 e. The maximum absolute atomic E-state index is 10.5. The smallest absolute Gasteiger partial charge is 0.115 e. The number of aliphatic hydroxyl groups is 1. The Hall–Kier alpha value is -1.54. The summed E-state index contributed by atoms with van der Waals surface area (Å²) in [7, 11) is 0. The van der Waals surface area contributed by atoms with Crippen LogP contribution in [0.1, 0.15) is 43.7 Å². The van der Waals surface area contributed by atoms with Gasteiger partial charge in [-0.2, -0.15) is 0 Å². The van der Waals surface area contributed by atoms with Crippen molar-refractivity contribution in [1.82, 2.24) is 0 Å². The van der Waals surface area contributed by atoms with Crippen molar-refractivity contribution in [2.45, 2.75) is 45.1 Å². The molecule has 3 atom stereocenters. The lowest BCUT2D eigenvalue weighted by Crippen LogP contribution is -2.37. The molecule has 0 unspecified atom stereocenters. The molecule has 4 rings (SSSR count). The molecule has 0 heterocycles. The summed E-state index contributed by atoms with van der Waals surface area (Å²) in [5.74, 6) is 0.706. The molecule has 1 fully saturated rings. The highest BCUT2D eigenvalue weighted by Gasteiger charge is 2.52. The average Bonchev–Trinajstić information content (AvgIpc) is 2.68. The zero-order valence-corrected chi connectivity index (χ0v) is 12.5. The summed E-state index contributed by atoms with van der Waals surface area (Å²) < 4.78 is 0. The summed E-state index contributed by atoms with van der Waals surface area (Å²) in [6.07, 6.45) is 4.59. The van der Waals surface area contributed by atoms with E-state index >= 15 is 0 Å². The molecule has 2 heteroatoms. The molecule has 3 aliphatic rings. The van der Waals surface area contributed by atoms with Crippen LogP contribution in [0.3, 0.4) is 0 Å². The first kappa shape index (κ1) is 13.1. The molecule has 0 spiro atoms. The third kappa shape index (κ3) is 1.69. The highest BCUT2D eigenvalue weighted by Crippen LogP contribution is 2.59. The summed E-state index contributed by atoms with van der Waals surface area (Å²) >= 11 is 0. The van der Waals surface area contributed by atoms with Crippen LogP contribution in [0.4, 0.5) is 0 Å². The number of aliphatic hydroxyl groups excluding tert-OH is 1. The second-order valence-electron chi connectivity index (χ2n) is 7.16. The van der Waals surface area contributed by atoms with E-state index in [2.05, 4.69) is 19.6 Å². The van der Waals surface area contributed by atoms with E-state index in [1.807, 2.05) is 6.07 Å². The Kier molecular flexibility index (Phi) is 2.65. The molecule has 0 saturated heterocycles. The molecule has 2 nitrogen and oxygen atoms in total. The molecule has 3 aliphatic carbocycles. The van der Waals surface area contributed by atoms with Crippen molar-refractivity contribution < 1.29 is 10.2 Å². The highest BCUT2D eigenvalue weighted by atomic mass is 16.3. The number of hydrogen-bond acceptors (Lipinski definition) is 2. The second kappa shape index (κ2) is 4.23. The van der Waals surface area contributed by atoms with Crippen molar-refractivity contribution in [3.8, 4) is 5.75 Å². The minimum Gasteiger partial charge on any atom is -0.508 e. The van der Waals surface area contributed by atoms with Crippen molar-refractivity contribution in [3.05, 3.63) is 47.1 Å². The molecule has 0 aromatic heterocycles. The lowest BCUT2D eigenvalue weighted by molar-refractivity contribution is 0.0385. The van der Waals surface area contributed by atoms with Crippen molar-refractivity contribution in [2.75, 3.05) is 0 Å². The molecule has 2 N–H and O–H groups in total. The number of aryl methyl sites for hydroxylation is 1. The third-order valence-corrected chi connectivity index (χ3v) is 6.01. The first-order valence-electron chi connectivity index (χ1n) is 7.90. The second-order valence-corrected chi connectivity index (χ2v) is 7.16. The Balaban J connectivity index is 1.87. The van der Waals surface area contributed by atoms with Crippen LogP contribution in [0.25, 0.3) is 5.57 Å². The fraction of sp³-hybridized carbons (Fsp3) is 0.474. The molecule has 0 amide bonds. The average molecular weight is 282 g/mol. The maximum Gasteiger partial charge on any atom is 0.115 e. The predicted octanol–water partition coefficient (Wildman–Crippen LogP) is 3.83. The van der Waals surface area contributed by atoms with Crippen LogP contribution in [-0.4, -0.2) is 16.3 Å². The minimum atomic E-state index is -0.245. The Morgan fingerprint density at radius 2 is 2.05 bits per heavy atom. The predicted molar refractivity (Wildman–Crippen MR) is 83.9 cm³/mol. The monoisotopic (exact) mass is 282 g/mol. The van der Waals surface area contributed by atoms with Gasteiger partial charge in [0, 0.05) is 11.3 Å². The summed E-state index contributed by atoms with van der Waals surface area (Å²) in [6.45, 7) is 6.49. The van der Waals surface area contributed by atoms with Gasteiger partial charge in [0.2, 0.25) is 0 Å². The van der Waals surface area contributed by atoms with E-state index in [4.69, 9.17) is 0 Å². The topological polar surface area (TPSA) is 40.5 Å². The number of rotatable bonds is 0. The van der Waals surface area contributed by atoms with Crippen LogP contribution >= 0.6 is 0 Å². The van der Waals surface area contributed by atoms with E-state index < -0.39 is 0 Å². The van der Waals surface area contributed by atoms with E-state index in [9.17, 15) is 10.2 Å². The fourth-order valence-electron chi connectivity index (χ4n) is 4.90. The third-order valence-electron chi connectivity index (χ3n) is 6.01. The van der Waals surface area contributed by atoms with Gasteiger partial charge in [-0.15, -0.1) is 0 Å². The first-order valence-corrected chi connectivity index (χ1v) is 7.90. The van der Waals surface area contributed by atoms with Crippen LogP contribution in [-0.2, 0) is 6.42 Å². The normalized spacial score (nSPS) is 34.5. The number of phenols is 1. The Morgan fingerprint density at radius 1 is 1.24 bits per heavy atom. The zero-order chi connectivity index (χ0) is 14.8. The number of aromatic hydroxyl groups is 1. The maximum atomic E-state index is 10.5. The molecular weight excluding hydrogens is 260 g/mol. The van der Waals surface area contributed by atoms with Crippen molar-refractivity contribution in [1.29, 1.82) is 0 Å². The van der Waals surface area contributed by atoms with E-state index in [0.717, 1.165) is 32.1 Å². The summed E-state index contributed by atoms with van der Waals surface area (Å²) in [4.78, 5) is 0. The number of fused-ring (bicyclic) bond motifs is 4. The van der Waals surface area contributed by atoms with E-state index in [-0.39, 0.29) is 11.5 Å². The molecule has 21 heavy (non-hydrogen) atoms. The van der Waals surface area contributed by atoms with Gasteiger partial charge in [-0.3, -0.25) is 0 Å². The number of benzene rings is 1. The fourth-order valence-corrected chi connectivity index (χ4v) is 4.90. The van der Waals surface area contributed by atoms with Gasteiger partial charge in [0.05, 0.1) is 6.10 Å². The highest BCUT2D eigenvalue weighted by molar-refractivity contribution is 5.76. The molecule has 1 aromatic carbocycles. The number of phenolic OH excluding ortho intramolecular Hbond substituents is 1. The Bertz CT molecular complexity index is 670. The molecule has 1 saturated carbocycles. The minimum absolute atomic E-state index is 0.0235. The summed E-state index contributed by atoms with van der Waals surface area (Å²) in [5, 5.41) is 20.1. The van der Waals surface area contributed by atoms with Gasteiger partial charge in [0.15, 0.2) is 0 Å².